The summed E-state index contributed by atoms with van der Waals surface area (Å²) in [6.07, 6.45) is 0.540. The van der Waals surface area contributed by atoms with E-state index in [-0.39, 0.29) is 25.3 Å². The van der Waals surface area contributed by atoms with Crippen LogP contribution < -0.4 is 0 Å². The zero-order valence-electron chi connectivity index (χ0n) is 14.8. The molecule has 0 unspecified atom stereocenters. The Kier molecular flexibility index (Phi) is 6.88. The Balaban J connectivity index is 2.14. The van der Waals surface area contributed by atoms with Crippen LogP contribution in [0.2, 0.25) is 0 Å². The largest absolute Gasteiger partial charge is 0.462 e. The molecule has 0 atom stereocenters. The highest BCUT2D eigenvalue weighted by molar-refractivity contribution is 7.89. The summed E-state index contributed by atoms with van der Waals surface area (Å²) in [5.74, 6) is -1.57. The second kappa shape index (κ2) is 8.91. The number of carbonyl (C=O) groups excluding carboxylic acids is 1. The molecule has 0 aromatic heterocycles. The lowest BCUT2D eigenvalue weighted by atomic mass is 10.2. The molecular weight excluding hydrogens is 357 g/mol. The maximum absolute atomic E-state index is 14.1. The summed E-state index contributed by atoms with van der Waals surface area (Å²) in [6.45, 7) is 3.91. The first kappa shape index (κ1) is 20.1. The molecule has 0 N–H and O–H groups in total. The predicted molar refractivity (Wildman–Crippen MR) is 96.9 cm³/mol. The van der Waals surface area contributed by atoms with Crippen LogP contribution in [-0.4, -0.2) is 38.4 Å². The molecule has 0 saturated heterocycles. The summed E-state index contributed by atoms with van der Waals surface area (Å²) >= 11 is 0. The summed E-state index contributed by atoms with van der Waals surface area (Å²) in [4.78, 5) is 11.7. The van der Waals surface area contributed by atoms with Crippen molar-refractivity contribution in [3.63, 3.8) is 0 Å². The van der Waals surface area contributed by atoms with E-state index in [1.54, 1.807) is 13.8 Å². The first-order valence-corrected chi connectivity index (χ1v) is 9.84. The van der Waals surface area contributed by atoms with Gasteiger partial charge in [0.05, 0.1) is 12.2 Å². The van der Waals surface area contributed by atoms with Crippen LogP contribution in [0.5, 0.6) is 0 Å². The van der Waals surface area contributed by atoms with E-state index in [9.17, 15) is 17.6 Å². The molecule has 0 saturated carbocycles. The second-order valence-corrected chi connectivity index (χ2v) is 7.51. The smallest absolute Gasteiger partial charge is 0.338 e. The topological polar surface area (TPSA) is 63.7 Å². The summed E-state index contributed by atoms with van der Waals surface area (Å²) in [6, 6.07) is 12.7. The number of carbonyl (C=O) groups is 1. The zero-order chi connectivity index (χ0) is 19.2. The van der Waals surface area contributed by atoms with E-state index in [1.165, 1.54) is 6.07 Å². The number of ether oxygens (including phenoxy) is 1. The Morgan fingerprint density at radius 1 is 1.08 bits per heavy atom. The highest BCUT2D eigenvalue weighted by atomic mass is 32.2. The Morgan fingerprint density at radius 2 is 1.73 bits per heavy atom. The van der Waals surface area contributed by atoms with Crippen LogP contribution in [0.3, 0.4) is 0 Å². The van der Waals surface area contributed by atoms with E-state index in [2.05, 4.69) is 0 Å². The monoisotopic (exact) mass is 379 g/mol. The quantitative estimate of drug-likeness (QED) is 0.661. The maximum atomic E-state index is 14.1. The molecule has 0 aliphatic carbocycles. The highest BCUT2D eigenvalue weighted by Crippen LogP contribution is 2.21. The first-order chi connectivity index (χ1) is 12.4. The van der Waals surface area contributed by atoms with Gasteiger partial charge in [-0.05, 0) is 23.8 Å². The average molecular weight is 379 g/mol. The van der Waals surface area contributed by atoms with Crippen LogP contribution in [0, 0.1) is 5.82 Å². The number of sulfonamides is 1. The molecule has 2 aromatic rings. The van der Waals surface area contributed by atoms with Gasteiger partial charge in [0.15, 0.2) is 0 Å². The molecule has 7 heteroatoms. The van der Waals surface area contributed by atoms with Crippen LogP contribution >= 0.6 is 0 Å². The van der Waals surface area contributed by atoms with Crippen LogP contribution in [-0.2, 0) is 21.2 Å². The average Bonchev–Trinajstić information content (AvgIpc) is 2.63. The number of esters is 1. The van der Waals surface area contributed by atoms with E-state index in [1.807, 2.05) is 30.3 Å². The van der Waals surface area contributed by atoms with E-state index in [0.717, 1.165) is 22.0 Å². The minimum atomic E-state index is -4.00. The summed E-state index contributed by atoms with van der Waals surface area (Å²) in [7, 11) is -4.00. The lowest BCUT2D eigenvalue weighted by molar-refractivity contribution is 0.0509. The SMILES string of the molecule is CCN(CC)S(=O)(=O)c1cc(C(=O)OCCc2ccccc2)ccc1F. The fourth-order valence-corrected chi connectivity index (χ4v) is 4.07. The van der Waals surface area contributed by atoms with Crippen molar-refractivity contribution < 1.29 is 22.3 Å². The molecule has 0 heterocycles. The van der Waals surface area contributed by atoms with Crippen molar-refractivity contribution in [1.82, 2.24) is 4.31 Å². The zero-order valence-corrected chi connectivity index (χ0v) is 15.6. The van der Waals surface area contributed by atoms with Gasteiger partial charge >= 0.3 is 5.97 Å². The van der Waals surface area contributed by atoms with Gasteiger partial charge < -0.3 is 4.74 Å². The van der Waals surface area contributed by atoms with Crippen LogP contribution in [0.1, 0.15) is 29.8 Å². The Labute approximate surface area is 153 Å². The van der Waals surface area contributed by atoms with Gasteiger partial charge in [-0.25, -0.2) is 17.6 Å². The minimum Gasteiger partial charge on any atom is -0.462 e. The fourth-order valence-electron chi connectivity index (χ4n) is 2.52. The van der Waals surface area contributed by atoms with Crippen molar-refractivity contribution in [3.8, 4) is 0 Å². The normalized spacial score (nSPS) is 11.5. The third-order valence-electron chi connectivity index (χ3n) is 3.96. The molecule has 2 aromatic carbocycles. The Hall–Kier alpha value is -2.25. The molecule has 0 fully saturated rings. The lowest BCUT2D eigenvalue weighted by Gasteiger charge is -2.19. The van der Waals surface area contributed by atoms with Crippen LogP contribution in [0.25, 0.3) is 0 Å². The summed E-state index contributed by atoms with van der Waals surface area (Å²) in [5.41, 5.74) is 1.02. The van der Waals surface area contributed by atoms with Gasteiger partial charge in [0.25, 0.3) is 0 Å². The Morgan fingerprint density at radius 3 is 2.35 bits per heavy atom. The number of benzene rings is 2. The van der Waals surface area contributed by atoms with Gasteiger partial charge in [-0.3, -0.25) is 0 Å². The minimum absolute atomic E-state index is 0.00481. The molecule has 0 radical (unpaired) electrons. The molecular formula is C19H22FNO4S. The van der Waals surface area contributed by atoms with Gasteiger partial charge in [-0.2, -0.15) is 4.31 Å². The third-order valence-corrected chi connectivity index (χ3v) is 6.02. The highest BCUT2D eigenvalue weighted by Gasteiger charge is 2.26. The molecule has 0 aliphatic rings. The molecule has 0 amide bonds. The van der Waals surface area contributed by atoms with Gasteiger partial charge in [0.1, 0.15) is 10.7 Å². The van der Waals surface area contributed by atoms with Gasteiger partial charge in [-0.1, -0.05) is 44.2 Å². The maximum Gasteiger partial charge on any atom is 0.338 e. The van der Waals surface area contributed by atoms with E-state index < -0.39 is 26.7 Å². The first-order valence-electron chi connectivity index (χ1n) is 8.40. The predicted octanol–water partition coefficient (Wildman–Crippen LogP) is 3.26. The molecule has 5 nitrogen and oxygen atoms in total. The van der Waals surface area contributed by atoms with Crippen molar-refractivity contribution in [2.75, 3.05) is 19.7 Å². The third kappa shape index (κ3) is 4.68. The molecule has 140 valence electrons. The lowest BCUT2D eigenvalue weighted by Crippen LogP contribution is -2.31. The van der Waals surface area contributed by atoms with Crippen molar-refractivity contribution in [1.29, 1.82) is 0 Å². The van der Waals surface area contributed by atoms with Crippen molar-refractivity contribution in [2.24, 2.45) is 0 Å². The van der Waals surface area contributed by atoms with Gasteiger partial charge in [0, 0.05) is 19.5 Å². The van der Waals surface area contributed by atoms with E-state index in [4.69, 9.17) is 4.74 Å². The van der Waals surface area contributed by atoms with Gasteiger partial charge in [-0.15, -0.1) is 0 Å². The summed E-state index contributed by atoms with van der Waals surface area (Å²) in [5, 5.41) is 0. The number of halogens is 1. The molecule has 0 bridgehead atoms. The van der Waals surface area contributed by atoms with Gasteiger partial charge in [0.2, 0.25) is 10.0 Å². The fraction of sp³-hybridized carbons (Fsp3) is 0.316. The number of hydrogen-bond donors (Lipinski definition) is 0. The standard InChI is InChI=1S/C19H22FNO4S/c1-3-21(4-2)26(23,24)18-14-16(10-11-17(18)20)19(22)25-13-12-15-8-6-5-7-9-15/h5-11,14H,3-4,12-13H2,1-2H3. The molecule has 0 aliphatic heterocycles. The van der Waals surface area contributed by atoms with Crippen molar-refractivity contribution in [3.05, 3.63) is 65.5 Å². The molecule has 26 heavy (non-hydrogen) atoms. The van der Waals surface area contributed by atoms with Crippen molar-refractivity contribution in [2.45, 2.75) is 25.2 Å². The van der Waals surface area contributed by atoms with Crippen LogP contribution in [0.15, 0.2) is 53.4 Å². The van der Waals surface area contributed by atoms with Crippen molar-refractivity contribution >= 4 is 16.0 Å². The molecule has 2 rings (SSSR count). The number of hydrogen-bond acceptors (Lipinski definition) is 4. The van der Waals surface area contributed by atoms with E-state index in [0.29, 0.717) is 6.42 Å². The van der Waals surface area contributed by atoms with Crippen LogP contribution in [0.4, 0.5) is 4.39 Å². The number of rotatable bonds is 8. The summed E-state index contributed by atoms with van der Waals surface area (Å²) < 4.78 is 45.4. The second-order valence-electron chi connectivity index (χ2n) is 5.61. The van der Waals surface area contributed by atoms with E-state index >= 15 is 0 Å². The molecule has 0 spiro atoms. The number of nitrogens with zero attached hydrogens (tertiary/aromatic N) is 1. The Bertz CT molecular complexity index is 849.